The van der Waals surface area contributed by atoms with Crippen LogP contribution in [0.5, 0.6) is 5.75 Å². The van der Waals surface area contributed by atoms with Gasteiger partial charge in [0.15, 0.2) is 5.75 Å². The molecule has 1 saturated heterocycles. The van der Waals surface area contributed by atoms with Gasteiger partial charge in [-0.3, -0.25) is 9.78 Å². The maximum absolute atomic E-state index is 5.14. The van der Waals surface area contributed by atoms with E-state index in [0.717, 1.165) is 36.9 Å². The summed E-state index contributed by atoms with van der Waals surface area (Å²) in [6, 6.07) is 8.38. The van der Waals surface area contributed by atoms with Gasteiger partial charge in [-0.2, -0.15) is 0 Å². The van der Waals surface area contributed by atoms with Gasteiger partial charge in [-0.15, -0.1) is 0 Å². The smallest absolute Gasteiger partial charge is 0.225 e. The third kappa shape index (κ3) is 2.67. The first kappa shape index (κ1) is 13.9. The van der Waals surface area contributed by atoms with E-state index < -0.39 is 0 Å². The van der Waals surface area contributed by atoms with Gasteiger partial charge in [0.25, 0.3) is 0 Å². The molecule has 1 aromatic heterocycles. The Morgan fingerprint density at radius 3 is 2.87 bits per heavy atom. The summed E-state index contributed by atoms with van der Waals surface area (Å²) < 4.78 is 0. The van der Waals surface area contributed by atoms with Gasteiger partial charge < -0.3 is 9.80 Å². The van der Waals surface area contributed by atoms with Crippen LogP contribution < -0.4 is 14.7 Å². The molecule has 0 spiro atoms. The Hall–Kier alpha value is -2.76. The summed E-state index contributed by atoms with van der Waals surface area (Å²) >= 11 is 0. The quantitative estimate of drug-likeness (QED) is 0.794. The molecule has 0 radical (unpaired) electrons. The average Bonchev–Trinajstić information content (AvgIpc) is 2.62. The summed E-state index contributed by atoms with van der Waals surface area (Å²) in [5.74, 6) is 1.55. The van der Waals surface area contributed by atoms with Gasteiger partial charge in [-0.05, 0) is 37.3 Å². The summed E-state index contributed by atoms with van der Waals surface area (Å²) in [4.78, 5) is 23.3. The van der Waals surface area contributed by atoms with Crippen molar-refractivity contribution in [1.29, 1.82) is 0 Å². The van der Waals surface area contributed by atoms with E-state index in [4.69, 9.17) is 9.78 Å². The number of hydrogen-bond donors (Lipinski definition) is 0. The van der Waals surface area contributed by atoms with Crippen molar-refractivity contribution < 1.29 is 9.78 Å². The molecule has 2 aromatic rings. The molecule has 6 nitrogen and oxygen atoms in total. The highest BCUT2D eigenvalue weighted by molar-refractivity contribution is 5.65. The summed E-state index contributed by atoms with van der Waals surface area (Å²) in [6.45, 7) is 4.96. The molecule has 0 amide bonds. The average molecular weight is 310 g/mol. The molecule has 0 aliphatic carbocycles. The third-order valence-corrected chi connectivity index (χ3v) is 4.23. The second-order valence-electron chi connectivity index (χ2n) is 5.74. The second-order valence-corrected chi connectivity index (χ2v) is 5.74. The van der Waals surface area contributed by atoms with E-state index in [1.165, 1.54) is 5.69 Å². The molecule has 118 valence electrons. The highest BCUT2D eigenvalue weighted by atomic mass is 17.2. The molecule has 3 heterocycles. The summed E-state index contributed by atoms with van der Waals surface area (Å²) in [6.07, 6.45) is 7.05. The van der Waals surface area contributed by atoms with E-state index in [2.05, 4.69) is 38.8 Å². The Bertz CT molecular complexity index is 720. The van der Waals surface area contributed by atoms with Gasteiger partial charge in [-0.25, -0.2) is 9.97 Å². The maximum atomic E-state index is 5.14. The van der Waals surface area contributed by atoms with Crippen molar-refractivity contribution in [2.45, 2.75) is 13.0 Å². The van der Waals surface area contributed by atoms with Crippen LogP contribution in [0.2, 0.25) is 0 Å². The number of nitrogens with zero attached hydrogens (tertiary/aromatic N) is 4. The largest absolute Gasteiger partial charge is 0.365 e. The molecule has 4 rings (SSSR count). The van der Waals surface area contributed by atoms with Crippen molar-refractivity contribution >= 4 is 17.7 Å². The zero-order valence-corrected chi connectivity index (χ0v) is 12.9. The van der Waals surface area contributed by atoms with Crippen molar-refractivity contribution in [3.63, 3.8) is 0 Å². The molecule has 2 aliphatic heterocycles. The lowest BCUT2D eigenvalue weighted by molar-refractivity contribution is -0.151. The lowest BCUT2D eigenvalue weighted by Crippen LogP contribution is -2.52. The number of anilines is 2. The topological polar surface area (TPSA) is 50.7 Å². The van der Waals surface area contributed by atoms with Gasteiger partial charge in [0.2, 0.25) is 5.95 Å². The highest BCUT2D eigenvalue weighted by Gasteiger charge is 2.26. The van der Waals surface area contributed by atoms with Crippen LogP contribution in [0.1, 0.15) is 12.5 Å². The molecular weight excluding hydrogens is 292 g/mol. The molecule has 23 heavy (non-hydrogen) atoms. The molecule has 1 atom stereocenters. The minimum Gasteiger partial charge on any atom is -0.365 e. The second kappa shape index (κ2) is 5.79. The zero-order chi connectivity index (χ0) is 15.6. The first-order chi connectivity index (χ1) is 11.3. The Morgan fingerprint density at radius 1 is 1.17 bits per heavy atom. The molecule has 0 bridgehead atoms. The van der Waals surface area contributed by atoms with Crippen LogP contribution in [-0.2, 0) is 4.89 Å². The van der Waals surface area contributed by atoms with Crippen molar-refractivity contribution in [2.24, 2.45) is 0 Å². The van der Waals surface area contributed by atoms with E-state index in [9.17, 15) is 0 Å². The number of fused-ring (bicyclic) bond motifs is 1. The predicted molar refractivity (Wildman–Crippen MR) is 88.2 cm³/mol. The minimum atomic E-state index is 0.371. The van der Waals surface area contributed by atoms with Crippen LogP contribution in [0.4, 0.5) is 11.6 Å². The van der Waals surface area contributed by atoms with Crippen molar-refractivity contribution in [3.05, 3.63) is 48.5 Å². The van der Waals surface area contributed by atoms with E-state index >= 15 is 0 Å². The van der Waals surface area contributed by atoms with Crippen LogP contribution in [-0.4, -0.2) is 35.6 Å². The molecule has 1 unspecified atom stereocenters. The third-order valence-electron chi connectivity index (χ3n) is 4.23. The monoisotopic (exact) mass is 310 g/mol. The van der Waals surface area contributed by atoms with Crippen molar-refractivity contribution in [3.8, 4) is 5.75 Å². The van der Waals surface area contributed by atoms with Crippen molar-refractivity contribution in [1.82, 2.24) is 9.97 Å². The zero-order valence-electron chi connectivity index (χ0n) is 12.9. The number of rotatable bonds is 2. The summed E-state index contributed by atoms with van der Waals surface area (Å²) in [7, 11) is 0. The lowest BCUT2D eigenvalue weighted by atomic mass is 10.1. The summed E-state index contributed by atoms with van der Waals surface area (Å²) in [5, 5.41) is 0. The predicted octanol–water partition coefficient (Wildman–Crippen LogP) is 2.49. The first-order valence-electron chi connectivity index (χ1n) is 7.74. The SMILES string of the molecule is CC1CN(c2ncccn2)CCN1c1ccc2c(c1)C=COO2. The maximum Gasteiger partial charge on any atom is 0.225 e. The highest BCUT2D eigenvalue weighted by Crippen LogP contribution is 2.30. The number of benzene rings is 1. The van der Waals surface area contributed by atoms with Crippen LogP contribution in [0.15, 0.2) is 42.9 Å². The van der Waals surface area contributed by atoms with Crippen LogP contribution >= 0.6 is 0 Å². The Balaban J connectivity index is 1.52. The molecule has 2 aliphatic rings. The van der Waals surface area contributed by atoms with Crippen molar-refractivity contribution in [2.75, 3.05) is 29.4 Å². The Labute approximate surface area is 134 Å². The molecule has 0 N–H and O–H groups in total. The van der Waals surface area contributed by atoms with Gasteiger partial charge in [0, 0.05) is 49.3 Å². The molecular formula is C17H18N4O2. The van der Waals surface area contributed by atoms with Crippen LogP contribution in [0.25, 0.3) is 6.08 Å². The Morgan fingerprint density at radius 2 is 2.04 bits per heavy atom. The van der Waals surface area contributed by atoms with Crippen LogP contribution in [0.3, 0.4) is 0 Å². The number of aromatic nitrogens is 2. The first-order valence-corrected chi connectivity index (χ1v) is 7.74. The molecule has 6 heteroatoms. The fourth-order valence-electron chi connectivity index (χ4n) is 3.08. The van der Waals surface area contributed by atoms with Gasteiger partial charge in [0.1, 0.15) is 6.26 Å². The fraction of sp³-hybridized carbons (Fsp3) is 0.294. The number of piperazine rings is 1. The lowest BCUT2D eigenvalue weighted by Gasteiger charge is -2.41. The van der Waals surface area contributed by atoms with E-state index in [-0.39, 0.29) is 0 Å². The molecule has 1 fully saturated rings. The van der Waals surface area contributed by atoms with Crippen LogP contribution in [0, 0.1) is 0 Å². The fourth-order valence-corrected chi connectivity index (χ4v) is 3.08. The minimum absolute atomic E-state index is 0.371. The van der Waals surface area contributed by atoms with Gasteiger partial charge in [0.05, 0.1) is 0 Å². The van der Waals surface area contributed by atoms with E-state index in [0.29, 0.717) is 6.04 Å². The van der Waals surface area contributed by atoms with E-state index in [1.807, 2.05) is 18.2 Å². The standard InChI is InChI=1S/C17H18N4O2/c1-13-12-20(17-18-6-2-7-19-17)8-9-21(13)15-3-4-16-14(11-15)5-10-22-23-16/h2-7,10-11,13H,8-9,12H2,1H3. The molecule has 0 saturated carbocycles. The summed E-state index contributed by atoms with van der Waals surface area (Å²) in [5.41, 5.74) is 2.23. The number of hydrogen-bond acceptors (Lipinski definition) is 6. The molecule has 1 aromatic carbocycles. The van der Waals surface area contributed by atoms with E-state index in [1.54, 1.807) is 18.7 Å². The Kier molecular flexibility index (Phi) is 3.49. The van der Waals surface area contributed by atoms with Gasteiger partial charge in [-0.1, -0.05) is 0 Å². The normalized spacial score (nSPS) is 19.8. The van der Waals surface area contributed by atoms with Gasteiger partial charge >= 0.3 is 0 Å².